The third-order valence-corrected chi connectivity index (χ3v) is 4.22. The van der Waals surface area contributed by atoms with E-state index in [1.807, 2.05) is 0 Å². The van der Waals surface area contributed by atoms with Gasteiger partial charge in [0.1, 0.15) is 5.69 Å². The van der Waals surface area contributed by atoms with E-state index in [1.54, 1.807) is 6.92 Å². The number of benzene rings is 1. The van der Waals surface area contributed by atoms with Gasteiger partial charge in [0, 0.05) is 23.5 Å². The van der Waals surface area contributed by atoms with E-state index in [0.29, 0.717) is 0 Å². The molecule has 4 N–H and O–H groups in total. The highest BCUT2D eigenvalue weighted by Gasteiger charge is 2.19. The molecule has 1 amide bonds. The fraction of sp³-hybridized carbons (Fsp3) is 0.316. The Bertz CT molecular complexity index is 921. The summed E-state index contributed by atoms with van der Waals surface area (Å²) in [5.41, 5.74) is 4.86. The number of rotatable bonds is 7. The van der Waals surface area contributed by atoms with Crippen LogP contribution in [0.4, 0.5) is 23.2 Å². The standard InChI is InChI=1S/C19H20F4N4O2/c1-9(3-4-29-19(24)25)13-6-12(7-14(20)15(13)21)27-18(28)16-10(2)5-11(8-26-16)17(22)23/h5-9,17H,3-4H2,1-2H3,(H3,24,25)(H,27,28)/t9-/m0/s1. The van der Waals surface area contributed by atoms with Gasteiger partial charge >= 0.3 is 0 Å². The highest BCUT2D eigenvalue weighted by molar-refractivity contribution is 6.03. The first-order valence-electron chi connectivity index (χ1n) is 8.62. The molecule has 0 aliphatic carbocycles. The minimum absolute atomic E-state index is 0.00480. The largest absolute Gasteiger partial charge is 0.466 e. The van der Waals surface area contributed by atoms with Crippen molar-refractivity contribution in [1.82, 2.24) is 4.98 Å². The van der Waals surface area contributed by atoms with Crippen LogP contribution in [0.1, 0.15) is 52.9 Å². The molecule has 0 unspecified atom stereocenters. The van der Waals surface area contributed by atoms with Gasteiger partial charge < -0.3 is 15.8 Å². The van der Waals surface area contributed by atoms with E-state index in [1.165, 1.54) is 13.0 Å². The number of anilines is 1. The molecule has 2 rings (SSSR count). The van der Waals surface area contributed by atoms with Crippen molar-refractivity contribution in [3.8, 4) is 0 Å². The maximum absolute atomic E-state index is 14.2. The minimum atomic E-state index is -2.72. The molecular weight excluding hydrogens is 392 g/mol. The maximum Gasteiger partial charge on any atom is 0.278 e. The number of aromatic nitrogens is 1. The number of ether oxygens (including phenoxy) is 1. The molecule has 156 valence electrons. The van der Waals surface area contributed by atoms with E-state index < -0.39 is 35.9 Å². The van der Waals surface area contributed by atoms with Gasteiger partial charge in [0.25, 0.3) is 18.4 Å². The number of amides is 1. The van der Waals surface area contributed by atoms with E-state index in [4.69, 9.17) is 15.9 Å². The number of nitrogens with zero attached hydrogens (tertiary/aromatic N) is 1. The number of pyridine rings is 1. The van der Waals surface area contributed by atoms with Crippen molar-refractivity contribution >= 4 is 17.6 Å². The Morgan fingerprint density at radius 2 is 2.00 bits per heavy atom. The van der Waals surface area contributed by atoms with Crippen molar-refractivity contribution in [3.63, 3.8) is 0 Å². The van der Waals surface area contributed by atoms with Gasteiger partial charge in [0.15, 0.2) is 11.6 Å². The lowest BCUT2D eigenvalue weighted by molar-refractivity contribution is 0.102. The summed E-state index contributed by atoms with van der Waals surface area (Å²) in [5, 5.41) is 9.40. The van der Waals surface area contributed by atoms with Crippen LogP contribution >= 0.6 is 0 Å². The van der Waals surface area contributed by atoms with Crippen molar-refractivity contribution in [2.45, 2.75) is 32.6 Å². The number of nitrogens with one attached hydrogen (secondary N) is 2. The van der Waals surface area contributed by atoms with Crippen LogP contribution in [-0.2, 0) is 4.74 Å². The molecule has 1 aromatic carbocycles. The van der Waals surface area contributed by atoms with Gasteiger partial charge in [-0.3, -0.25) is 15.2 Å². The maximum atomic E-state index is 14.2. The zero-order valence-corrected chi connectivity index (χ0v) is 15.7. The zero-order chi connectivity index (χ0) is 21.7. The van der Waals surface area contributed by atoms with Crippen LogP contribution in [0.5, 0.6) is 0 Å². The molecule has 0 radical (unpaired) electrons. The lowest BCUT2D eigenvalue weighted by atomic mass is 9.96. The molecule has 0 saturated carbocycles. The molecule has 0 bridgehead atoms. The average molecular weight is 412 g/mol. The Morgan fingerprint density at radius 1 is 1.31 bits per heavy atom. The molecular formula is C19H20F4N4O2. The number of hydrogen-bond donors (Lipinski definition) is 3. The van der Waals surface area contributed by atoms with Gasteiger partial charge in [-0.2, -0.15) is 0 Å². The minimum Gasteiger partial charge on any atom is -0.466 e. The average Bonchev–Trinajstić information content (AvgIpc) is 2.63. The number of carbonyl (C=O) groups excluding carboxylic acids is 1. The van der Waals surface area contributed by atoms with Gasteiger partial charge in [-0.25, -0.2) is 17.6 Å². The highest BCUT2D eigenvalue weighted by atomic mass is 19.3. The highest BCUT2D eigenvalue weighted by Crippen LogP contribution is 2.28. The molecule has 0 saturated heterocycles. The van der Waals surface area contributed by atoms with Crippen LogP contribution in [0.15, 0.2) is 24.4 Å². The molecule has 29 heavy (non-hydrogen) atoms. The van der Waals surface area contributed by atoms with Crippen molar-refractivity contribution in [3.05, 3.63) is 58.4 Å². The summed E-state index contributed by atoms with van der Waals surface area (Å²) in [7, 11) is 0. The summed E-state index contributed by atoms with van der Waals surface area (Å²) in [5.74, 6) is -3.46. The molecule has 0 spiro atoms. The van der Waals surface area contributed by atoms with Crippen molar-refractivity contribution in [1.29, 1.82) is 5.41 Å². The number of aryl methyl sites for hydroxylation is 1. The Morgan fingerprint density at radius 3 is 2.59 bits per heavy atom. The molecule has 0 aliphatic heterocycles. The quantitative estimate of drug-likeness (QED) is 0.359. The Kier molecular flexibility index (Phi) is 7.13. The number of halogens is 4. The lowest BCUT2D eigenvalue weighted by Gasteiger charge is -2.16. The normalized spacial score (nSPS) is 12.0. The van der Waals surface area contributed by atoms with Crippen LogP contribution in [0.2, 0.25) is 0 Å². The second-order valence-electron chi connectivity index (χ2n) is 6.45. The number of hydrogen-bond acceptors (Lipinski definition) is 4. The molecule has 0 aliphatic rings. The lowest BCUT2D eigenvalue weighted by Crippen LogP contribution is -2.17. The van der Waals surface area contributed by atoms with Gasteiger partial charge in [0.05, 0.1) is 6.61 Å². The van der Waals surface area contributed by atoms with E-state index in [0.717, 1.165) is 18.3 Å². The van der Waals surface area contributed by atoms with Crippen molar-refractivity contribution in [2.24, 2.45) is 5.73 Å². The first-order chi connectivity index (χ1) is 13.6. The van der Waals surface area contributed by atoms with E-state index >= 15 is 0 Å². The fourth-order valence-electron chi connectivity index (χ4n) is 2.69. The van der Waals surface area contributed by atoms with Crippen molar-refractivity contribution < 1.29 is 27.1 Å². The predicted octanol–water partition coefficient (Wildman–Crippen LogP) is 4.26. The number of alkyl halides is 2. The van der Waals surface area contributed by atoms with E-state index in [9.17, 15) is 22.4 Å². The summed E-state index contributed by atoms with van der Waals surface area (Å²) < 4.78 is 58.4. The van der Waals surface area contributed by atoms with Gasteiger partial charge in [-0.05, 0) is 42.5 Å². The molecule has 0 fully saturated rings. The molecule has 1 heterocycles. The van der Waals surface area contributed by atoms with Gasteiger partial charge in [-0.1, -0.05) is 6.92 Å². The fourth-order valence-corrected chi connectivity index (χ4v) is 2.69. The zero-order valence-electron chi connectivity index (χ0n) is 15.7. The molecule has 6 nitrogen and oxygen atoms in total. The smallest absolute Gasteiger partial charge is 0.278 e. The van der Waals surface area contributed by atoms with Crippen LogP contribution in [0.25, 0.3) is 0 Å². The van der Waals surface area contributed by atoms with Crippen LogP contribution < -0.4 is 11.1 Å². The Balaban J connectivity index is 2.21. The summed E-state index contributed by atoms with van der Waals surface area (Å²) in [6.07, 6.45) is -1.58. The number of amidine groups is 1. The van der Waals surface area contributed by atoms with Crippen molar-refractivity contribution in [2.75, 3.05) is 11.9 Å². The number of nitrogens with two attached hydrogens (primary N) is 1. The first kappa shape index (κ1) is 22.1. The number of carbonyl (C=O) groups is 1. The van der Waals surface area contributed by atoms with Crippen LogP contribution in [0, 0.1) is 24.0 Å². The van der Waals surface area contributed by atoms with E-state index in [-0.39, 0.29) is 41.1 Å². The predicted molar refractivity (Wildman–Crippen MR) is 99.1 cm³/mol. The molecule has 10 heteroatoms. The molecule has 1 aromatic heterocycles. The first-order valence-corrected chi connectivity index (χ1v) is 8.62. The Labute approximate surface area is 164 Å². The summed E-state index contributed by atoms with van der Waals surface area (Å²) in [6.45, 7) is 3.11. The second-order valence-corrected chi connectivity index (χ2v) is 6.45. The van der Waals surface area contributed by atoms with E-state index in [2.05, 4.69) is 10.3 Å². The summed E-state index contributed by atoms with van der Waals surface area (Å²) in [6, 6.07) is 2.75. The monoisotopic (exact) mass is 412 g/mol. The van der Waals surface area contributed by atoms with Gasteiger partial charge in [-0.15, -0.1) is 0 Å². The molecule has 2 aromatic rings. The van der Waals surface area contributed by atoms with Crippen LogP contribution in [0.3, 0.4) is 0 Å². The second kappa shape index (κ2) is 9.35. The Hall–Kier alpha value is -3.17. The van der Waals surface area contributed by atoms with Crippen LogP contribution in [-0.4, -0.2) is 23.5 Å². The third-order valence-electron chi connectivity index (χ3n) is 4.22. The summed E-state index contributed by atoms with van der Waals surface area (Å²) in [4.78, 5) is 16.1. The molecule has 1 atom stereocenters. The third kappa shape index (κ3) is 5.66. The van der Waals surface area contributed by atoms with Gasteiger partial charge in [0.2, 0.25) is 0 Å². The topological polar surface area (TPSA) is 101 Å². The summed E-state index contributed by atoms with van der Waals surface area (Å²) >= 11 is 0. The SMILES string of the molecule is Cc1cc(C(F)F)cnc1C(=O)Nc1cc(F)c(F)c([C@@H](C)CCOC(=N)N)c1.